The van der Waals surface area contributed by atoms with E-state index < -0.39 is 0 Å². The number of hydrogen-bond acceptors (Lipinski definition) is 2. The normalized spacial score (nSPS) is 23.4. The Bertz CT molecular complexity index is 447. The summed E-state index contributed by atoms with van der Waals surface area (Å²) in [5.74, 6) is 0.174. The number of hydrogen-bond donors (Lipinski definition) is 1. The molecule has 16 heavy (non-hydrogen) atoms. The molecule has 2 aliphatic rings. The monoisotopic (exact) mass is 280 g/mol. The number of aryl methyl sites for hydroxylation is 1. The Morgan fingerprint density at radius 2 is 2.31 bits per heavy atom. The molecule has 0 radical (unpaired) electrons. The van der Waals surface area contributed by atoms with Gasteiger partial charge in [0.2, 0.25) is 5.91 Å². The molecular weight excluding hydrogens is 268 g/mol. The predicted molar refractivity (Wildman–Crippen MR) is 66.6 cm³/mol. The third kappa shape index (κ3) is 1.44. The number of carbonyl (C=O) groups excluding carboxylic acids is 1. The number of anilines is 1. The van der Waals surface area contributed by atoms with Gasteiger partial charge in [0.1, 0.15) is 6.04 Å². The Labute approximate surface area is 103 Å². The number of benzene rings is 1. The van der Waals surface area contributed by atoms with Crippen molar-refractivity contribution in [2.75, 3.05) is 18.0 Å². The van der Waals surface area contributed by atoms with Crippen molar-refractivity contribution in [2.45, 2.75) is 18.9 Å². The van der Waals surface area contributed by atoms with Gasteiger partial charge in [0.05, 0.1) is 5.69 Å². The molecule has 0 saturated carbocycles. The first kappa shape index (κ1) is 10.1. The first-order valence-corrected chi connectivity index (χ1v) is 6.38. The molecule has 3 rings (SSSR count). The van der Waals surface area contributed by atoms with E-state index in [0.717, 1.165) is 30.4 Å². The standard InChI is InChI=1S/C12H13BrN2O/c13-9-3-1-2-8-4-5-10-12(16)14-6-7-15(10)11(8)9/h1-3,10H,4-7H2,(H,14,16). The van der Waals surface area contributed by atoms with Gasteiger partial charge in [0.15, 0.2) is 0 Å². The third-order valence-electron chi connectivity index (χ3n) is 3.38. The smallest absolute Gasteiger partial charge is 0.242 e. The van der Waals surface area contributed by atoms with E-state index >= 15 is 0 Å². The van der Waals surface area contributed by atoms with Crippen molar-refractivity contribution in [2.24, 2.45) is 0 Å². The summed E-state index contributed by atoms with van der Waals surface area (Å²) in [6.07, 6.45) is 1.92. The summed E-state index contributed by atoms with van der Waals surface area (Å²) < 4.78 is 1.10. The number of nitrogens with zero attached hydrogens (tertiary/aromatic N) is 1. The first-order chi connectivity index (χ1) is 7.77. The summed E-state index contributed by atoms with van der Waals surface area (Å²) >= 11 is 3.59. The molecule has 1 unspecified atom stereocenters. The quantitative estimate of drug-likeness (QED) is 0.785. The van der Waals surface area contributed by atoms with Gasteiger partial charge in [-0.25, -0.2) is 0 Å². The highest BCUT2D eigenvalue weighted by Gasteiger charge is 2.34. The zero-order valence-corrected chi connectivity index (χ0v) is 10.5. The fraction of sp³-hybridized carbons (Fsp3) is 0.417. The minimum atomic E-state index is 0.0277. The summed E-state index contributed by atoms with van der Waals surface area (Å²) in [7, 11) is 0. The molecule has 1 saturated heterocycles. The zero-order chi connectivity index (χ0) is 11.1. The number of halogens is 1. The van der Waals surface area contributed by atoms with Crippen molar-refractivity contribution < 1.29 is 4.79 Å². The fourth-order valence-electron chi connectivity index (χ4n) is 2.64. The topological polar surface area (TPSA) is 32.3 Å². The fourth-order valence-corrected chi connectivity index (χ4v) is 3.28. The van der Waals surface area contributed by atoms with Crippen molar-refractivity contribution >= 4 is 27.5 Å². The third-order valence-corrected chi connectivity index (χ3v) is 4.02. The second-order valence-electron chi connectivity index (χ2n) is 4.29. The summed E-state index contributed by atoms with van der Waals surface area (Å²) in [5.41, 5.74) is 2.56. The molecule has 1 amide bonds. The SMILES string of the molecule is O=C1NCCN2c3c(Br)cccc3CCC12. The van der Waals surface area contributed by atoms with E-state index in [1.54, 1.807) is 0 Å². The second-order valence-corrected chi connectivity index (χ2v) is 5.14. The molecule has 84 valence electrons. The van der Waals surface area contributed by atoms with Crippen LogP contribution in [0.4, 0.5) is 5.69 Å². The Balaban J connectivity index is 2.08. The van der Waals surface area contributed by atoms with Crippen LogP contribution in [0, 0.1) is 0 Å². The van der Waals surface area contributed by atoms with Crippen LogP contribution in [-0.4, -0.2) is 25.0 Å². The molecule has 0 aliphatic carbocycles. The van der Waals surface area contributed by atoms with Crippen molar-refractivity contribution in [3.8, 4) is 0 Å². The Hall–Kier alpha value is -1.03. The lowest BCUT2D eigenvalue weighted by Gasteiger charge is -2.41. The highest BCUT2D eigenvalue weighted by molar-refractivity contribution is 9.10. The number of carbonyl (C=O) groups is 1. The highest BCUT2D eigenvalue weighted by atomic mass is 79.9. The highest BCUT2D eigenvalue weighted by Crippen LogP contribution is 2.37. The molecule has 2 aliphatic heterocycles. The summed E-state index contributed by atoms with van der Waals surface area (Å²) in [4.78, 5) is 14.0. The summed E-state index contributed by atoms with van der Waals surface area (Å²) in [6.45, 7) is 1.65. The maximum absolute atomic E-state index is 11.8. The number of piperazine rings is 1. The minimum absolute atomic E-state index is 0.0277. The van der Waals surface area contributed by atoms with Crippen molar-refractivity contribution in [1.29, 1.82) is 0 Å². The molecule has 1 N–H and O–H groups in total. The number of rotatable bonds is 0. The van der Waals surface area contributed by atoms with E-state index in [2.05, 4.69) is 38.3 Å². The molecule has 1 aromatic carbocycles. The lowest BCUT2D eigenvalue weighted by Crippen LogP contribution is -2.57. The largest absolute Gasteiger partial charge is 0.357 e. The van der Waals surface area contributed by atoms with E-state index in [0.29, 0.717) is 0 Å². The van der Waals surface area contributed by atoms with Gasteiger partial charge in [0.25, 0.3) is 0 Å². The first-order valence-electron chi connectivity index (χ1n) is 5.59. The van der Waals surface area contributed by atoms with Gasteiger partial charge in [-0.2, -0.15) is 0 Å². The number of amides is 1. The van der Waals surface area contributed by atoms with Crippen LogP contribution in [0.25, 0.3) is 0 Å². The molecule has 0 spiro atoms. The second kappa shape index (κ2) is 3.77. The summed E-state index contributed by atoms with van der Waals surface area (Å²) in [6, 6.07) is 6.30. The lowest BCUT2D eigenvalue weighted by molar-refractivity contribution is -0.123. The van der Waals surface area contributed by atoms with Crippen LogP contribution in [0.5, 0.6) is 0 Å². The van der Waals surface area contributed by atoms with Gasteiger partial charge in [-0.15, -0.1) is 0 Å². The molecule has 1 aromatic rings. The van der Waals surface area contributed by atoms with Crippen LogP contribution in [0.3, 0.4) is 0 Å². The molecule has 2 heterocycles. The van der Waals surface area contributed by atoms with Gasteiger partial charge in [-0.3, -0.25) is 4.79 Å². The molecule has 3 nitrogen and oxygen atoms in total. The van der Waals surface area contributed by atoms with Gasteiger partial charge >= 0.3 is 0 Å². The van der Waals surface area contributed by atoms with E-state index in [1.807, 2.05) is 6.07 Å². The van der Waals surface area contributed by atoms with Crippen LogP contribution in [0.15, 0.2) is 22.7 Å². The number of fused-ring (bicyclic) bond motifs is 3. The average molecular weight is 281 g/mol. The summed E-state index contributed by atoms with van der Waals surface area (Å²) in [5, 5.41) is 2.94. The Kier molecular flexibility index (Phi) is 2.39. The van der Waals surface area contributed by atoms with Crippen LogP contribution in [0.1, 0.15) is 12.0 Å². The molecule has 1 atom stereocenters. The molecule has 1 fully saturated rings. The Morgan fingerprint density at radius 3 is 3.19 bits per heavy atom. The van der Waals surface area contributed by atoms with Crippen molar-refractivity contribution in [3.05, 3.63) is 28.2 Å². The van der Waals surface area contributed by atoms with E-state index in [1.165, 1.54) is 11.3 Å². The zero-order valence-electron chi connectivity index (χ0n) is 8.87. The molecular formula is C12H13BrN2O. The lowest BCUT2D eigenvalue weighted by atomic mass is 9.94. The van der Waals surface area contributed by atoms with E-state index in [4.69, 9.17) is 0 Å². The van der Waals surface area contributed by atoms with Gasteiger partial charge in [-0.1, -0.05) is 12.1 Å². The predicted octanol–water partition coefficient (Wildman–Crippen LogP) is 1.70. The van der Waals surface area contributed by atoms with Crippen LogP contribution < -0.4 is 10.2 Å². The van der Waals surface area contributed by atoms with E-state index in [-0.39, 0.29) is 11.9 Å². The molecule has 0 bridgehead atoms. The maximum Gasteiger partial charge on any atom is 0.242 e. The molecule has 0 aromatic heterocycles. The van der Waals surface area contributed by atoms with Crippen LogP contribution in [0.2, 0.25) is 0 Å². The van der Waals surface area contributed by atoms with Crippen molar-refractivity contribution in [1.82, 2.24) is 5.32 Å². The number of para-hydroxylation sites is 1. The maximum atomic E-state index is 11.8. The van der Waals surface area contributed by atoms with E-state index in [9.17, 15) is 4.79 Å². The van der Waals surface area contributed by atoms with Crippen LogP contribution in [-0.2, 0) is 11.2 Å². The van der Waals surface area contributed by atoms with Gasteiger partial charge in [-0.05, 0) is 40.4 Å². The van der Waals surface area contributed by atoms with Crippen molar-refractivity contribution in [3.63, 3.8) is 0 Å². The van der Waals surface area contributed by atoms with Crippen LogP contribution >= 0.6 is 15.9 Å². The molecule has 4 heteroatoms. The minimum Gasteiger partial charge on any atom is -0.357 e. The van der Waals surface area contributed by atoms with Gasteiger partial charge < -0.3 is 10.2 Å². The van der Waals surface area contributed by atoms with Gasteiger partial charge in [0, 0.05) is 17.6 Å². The Morgan fingerprint density at radius 1 is 1.44 bits per heavy atom. The number of nitrogens with one attached hydrogen (secondary N) is 1. The average Bonchev–Trinajstić information content (AvgIpc) is 2.29.